The minimum Gasteiger partial charge on any atom is -0.462 e. The number of thiocarbonyl (C=S) groups is 1. The lowest BCUT2D eigenvalue weighted by Gasteiger charge is -2.07. The fourth-order valence-electron chi connectivity index (χ4n) is 2.59. The van der Waals surface area contributed by atoms with E-state index in [0.29, 0.717) is 22.9 Å². The molecule has 0 radical (unpaired) electrons. The highest BCUT2D eigenvalue weighted by Crippen LogP contribution is 2.27. The molecule has 0 aliphatic heterocycles. The van der Waals surface area contributed by atoms with Crippen LogP contribution in [0.1, 0.15) is 46.0 Å². The molecule has 8 heteroatoms. The molecule has 0 unspecified atom stereocenters. The van der Waals surface area contributed by atoms with Crippen molar-refractivity contribution in [3.8, 4) is 0 Å². The van der Waals surface area contributed by atoms with Crippen molar-refractivity contribution in [1.82, 2.24) is 10.3 Å². The lowest BCUT2D eigenvalue weighted by Crippen LogP contribution is -2.34. The zero-order chi connectivity index (χ0) is 20.8. The van der Waals surface area contributed by atoms with Crippen LogP contribution in [0.4, 0.5) is 5.13 Å². The lowest BCUT2D eigenvalue weighted by atomic mass is 10.1. The molecule has 3 rings (SSSR count). The molecule has 2 N–H and O–H groups in total. The second-order valence-electron chi connectivity index (χ2n) is 6.47. The number of aryl methyl sites for hydroxylation is 1. The zero-order valence-electron chi connectivity index (χ0n) is 16.2. The minimum absolute atomic E-state index is 0.162. The van der Waals surface area contributed by atoms with E-state index in [2.05, 4.69) is 15.6 Å². The first-order valence-corrected chi connectivity index (χ1v) is 10.5. The summed E-state index contributed by atoms with van der Waals surface area (Å²) in [7, 11) is 0. The summed E-state index contributed by atoms with van der Waals surface area (Å²) in [6, 6.07) is 12.5. The first-order valence-electron chi connectivity index (χ1n) is 9.23. The number of rotatable bonds is 6. The van der Waals surface area contributed by atoms with Gasteiger partial charge in [0.2, 0.25) is 0 Å². The summed E-state index contributed by atoms with van der Waals surface area (Å²) in [6.07, 6.45) is 1.81. The number of hydrogen-bond donors (Lipinski definition) is 2. The second-order valence-corrected chi connectivity index (χ2v) is 7.91. The van der Waals surface area contributed by atoms with Gasteiger partial charge in [0.15, 0.2) is 10.2 Å². The van der Waals surface area contributed by atoms with Gasteiger partial charge in [-0.25, -0.2) is 9.78 Å². The third-order valence-corrected chi connectivity index (χ3v) is 5.22. The summed E-state index contributed by atoms with van der Waals surface area (Å²) in [5.74, 6) is -0.631. The molecule has 2 aromatic carbocycles. The van der Waals surface area contributed by atoms with Gasteiger partial charge in [-0.15, -0.1) is 0 Å². The Kier molecular flexibility index (Phi) is 6.90. The fourth-order valence-corrected chi connectivity index (χ4v) is 3.75. The molecule has 0 saturated carbocycles. The first kappa shape index (κ1) is 20.9. The van der Waals surface area contributed by atoms with Gasteiger partial charge >= 0.3 is 5.97 Å². The van der Waals surface area contributed by atoms with E-state index in [-0.39, 0.29) is 17.0 Å². The number of unbranched alkanes of at least 4 members (excludes halogenated alkanes) is 1. The normalized spacial score (nSPS) is 10.6. The van der Waals surface area contributed by atoms with Crippen LogP contribution in [0, 0.1) is 6.92 Å². The highest BCUT2D eigenvalue weighted by Gasteiger charge is 2.13. The van der Waals surface area contributed by atoms with Crippen LogP contribution >= 0.6 is 23.6 Å². The van der Waals surface area contributed by atoms with E-state index < -0.39 is 0 Å². The number of nitrogens with zero attached hydrogens (tertiary/aromatic N) is 1. The van der Waals surface area contributed by atoms with Crippen molar-refractivity contribution >= 4 is 55.9 Å². The van der Waals surface area contributed by atoms with Gasteiger partial charge < -0.3 is 10.1 Å². The lowest BCUT2D eigenvalue weighted by molar-refractivity contribution is 0.0500. The van der Waals surface area contributed by atoms with E-state index in [1.807, 2.05) is 26.0 Å². The third-order valence-electron chi connectivity index (χ3n) is 4.08. The van der Waals surface area contributed by atoms with E-state index >= 15 is 0 Å². The predicted octanol–water partition coefficient (Wildman–Crippen LogP) is 4.69. The average Bonchev–Trinajstić information content (AvgIpc) is 3.09. The van der Waals surface area contributed by atoms with Crippen molar-refractivity contribution < 1.29 is 14.3 Å². The second kappa shape index (κ2) is 9.58. The summed E-state index contributed by atoms with van der Waals surface area (Å²) in [6.45, 7) is 4.37. The number of carbonyl (C=O) groups excluding carboxylic acids is 2. The maximum atomic E-state index is 12.3. The summed E-state index contributed by atoms with van der Waals surface area (Å²) < 4.78 is 6.07. The summed E-state index contributed by atoms with van der Waals surface area (Å²) >= 11 is 6.57. The standard InChI is InChI=1S/C21H21N3O3S2/c1-3-4-10-27-19(26)15-8-9-16-17(12-15)29-21(22-16)24-20(28)23-18(25)14-7-5-6-13(2)11-14/h5-9,11-12H,3-4,10H2,1-2H3,(H2,22,23,24,25,28). The monoisotopic (exact) mass is 427 g/mol. The number of thiazole rings is 1. The zero-order valence-corrected chi connectivity index (χ0v) is 17.8. The maximum absolute atomic E-state index is 12.3. The molecule has 1 aromatic heterocycles. The topological polar surface area (TPSA) is 80.3 Å². The summed E-state index contributed by atoms with van der Waals surface area (Å²) in [4.78, 5) is 28.8. The molecular weight excluding hydrogens is 406 g/mol. The average molecular weight is 428 g/mol. The minimum atomic E-state index is -0.343. The Balaban J connectivity index is 1.65. The molecular formula is C21H21N3O3S2. The van der Waals surface area contributed by atoms with Crippen LogP contribution < -0.4 is 10.6 Å². The van der Waals surface area contributed by atoms with Gasteiger partial charge in [0.1, 0.15) is 0 Å². The van der Waals surface area contributed by atoms with E-state index in [9.17, 15) is 9.59 Å². The molecule has 0 atom stereocenters. The number of amides is 1. The molecule has 0 saturated heterocycles. The molecule has 6 nitrogen and oxygen atoms in total. The quantitative estimate of drug-likeness (QED) is 0.338. The van der Waals surface area contributed by atoms with E-state index in [0.717, 1.165) is 28.6 Å². The molecule has 3 aromatic rings. The molecule has 150 valence electrons. The summed E-state index contributed by atoms with van der Waals surface area (Å²) in [5, 5.41) is 6.27. The molecule has 0 spiro atoms. The van der Waals surface area contributed by atoms with Gasteiger partial charge in [-0.3, -0.25) is 10.1 Å². The Hall–Kier alpha value is -2.84. The van der Waals surface area contributed by atoms with Crippen molar-refractivity contribution in [2.45, 2.75) is 26.7 Å². The number of nitrogens with one attached hydrogen (secondary N) is 2. The number of fused-ring (bicyclic) bond motifs is 1. The van der Waals surface area contributed by atoms with Gasteiger partial charge in [0.05, 0.1) is 22.4 Å². The first-order chi connectivity index (χ1) is 14.0. The van der Waals surface area contributed by atoms with Crippen molar-refractivity contribution in [2.24, 2.45) is 0 Å². The van der Waals surface area contributed by atoms with E-state index in [1.165, 1.54) is 11.3 Å². The molecule has 1 heterocycles. The SMILES string of the molecule is CCCCOC(=O)c1ccc2nc(NC(=S)NC(=O)c3cccc(C)c3)sc2c1. The number of benzene rings is 2. The van der Waals surface area contributed by atoms with Gasteiger partial charge in [0.25, 0.3) is 5.91 Å². The van der Waals surface area contributed by atoms with Gasteiger partial charge in [-0.1, -0.05) is 42.4 Å². The molecule has 0 fully saturated rings. The molecule has 0 aliphatic rings. The number of hydrogen-bond acceptors (Lipinski definition) is 6. The van der Waals surface area contributed by atoms with Crippen LogP contribution in [0.2, 0.25) is 0 Å². The number of aromatic nitrogens is 1. The highest BCUT2D eigenvalue weighted by atomic mass is 32.1. The Morgan fingerprint density at radius 1 is 1.17 bits per heavy atom. The predicted molar refractivity (Wildman–Crippen MR) is 120 cm³/mol. The fraction of sp³-hybridized carbons (Fsp3) is 0.238. The number of esters is 1. The van der Waals surface area contributed by atoms with Crippen molar-refractivity contribution in [3.05, 3.63) is 59.2 Å². The van der Waals surface area contributed by atoms with Crippen molar-refractivity contribution in [1.29, 1.82) is 0 Å². The van der Waals surface area contributed by atoms with Crippen molar-refractivity contribution in [3.63, 3.8) is 0 Å². The van der Waals surface area contributed by atoms with Gasteiger partial charge in [0, 0.05) is 5.56 Å². The third kappa shape index (κ3) is 5.58. The number of carbonyl (C=O) groups is 2. The Bertz CT molecular complexity index is 1060. The largest absolute Gasteiger partial charge is 0.462 e. The van der Waals surface area contributed by atoms with Crippen LogP contribution in [0.25, 0.3) is 10.2 Å². The van der Waals surface area contributed by atoms with Crippen LogP contribution in [0.5, 0.6) is 0 Å². The summed E-state index contributed by atoms with van der Waals surface area (Å²) in [5.41, 5.74) is 2.74. The molecule has 0 bridgehead atoms. The maximum Gasteiger partial charge on any atom is 0.338 e. The number of ether oxygens (including phenoxy) is 1. The Labute approximate surface area is 178 Å². The number of anilines is 1. The molecule has 1 amide bonds. The van der Waals surface area contributed by atoms with Crippen molar-refractivity contribution in [2.75, 3.05) is 11.9 Å². The Morgan fingerprint density at radius 2 is 2.00 bits per heavy atom. The highest BCUT2D eigenvalue weighted by molar-refractivity contribution is 7.80. The van der Waals surface area contributed by atoms with E-state index in [1.54, 1.807) is 30.3 Å². The van der Waals surface area contributed by atoms with Crippen LogP contribution in [-0.4, -0.2) is 28.6 Å². The van der Waals surface area contributed by atoms with E-state index in [4.69, 9.17) is 17.0 Å². The van der Waals surface area contributed by atoms with Crippen LogP contribution in [0.3, 0.4) is 0 Å². The van der Waals surface area contributed by atoms with Crippen LogP contribution in [-0.2, 0) is 4.74 Å². The molecule has 0 aliphatic carbocycles. The van der Waals surface area contributed by atoms with Crippen LogP contribution in [0.15, 0.2) is 42.5 Å². The Morgan fingerprint density at radius 3 is 2.76 bits per heavy atom. The van der Waals surface area contributed by atoms with Gasteiger partial charge in [-0.05, 0) is 55.9 Å². The molecule has 29 heavy (non-hydrogen) atoms. The van der Waals surface area contributed by atoms with Gasteiger partial charge in [-0.2, -0.15) is 0 Å². The smallest absolute Gasteiger partial charge is 0.338 e.